The van der Waals surface area contributed by atoms with Crippen LogP contribution in [0.15, 0.2) is 0 Å². The van der Waals surface area contributed by atoms with E-state index in [1.807, 2.05) is 23.7 Å². The quantitative estimate of drug-likeness (QED) is 0.862. The lowest BCUT2D eigenvalue weighted by Crippen LogP contribution is -2.45. The first-order valence-electron chi connectivity index (χ1n) is 6.60. The fourth-order valence-corrected chi connectivity index (χ4v) is 3.35. The van der Waals surface area contributed by atoms with Crippen LogP contribution in [0.2, 0.25) is 0 Å². The summed E-state index contributed by atoms with van der Waals surface area (Å²) in [5, 5.41) is 3.43. The number of thioether (sulfide) groups is 1. The minimum absolute atomic E-state index is 0. The lowest BCUT2D eigenvalue weighted by atomic mass is 9.99. The van der Waals surface area contributed by atoms with Gasteiger partial charge in [-0.05, 0) is 25.2 Å². The van der Waals surface area contributed by atoms with E-state index in [0.29, 0.717) is 29.8 Å². The van der Waals surface area contributed by atoms with Crippen LogP contribution >= 0.6 is 24.2 Å². The second kappa shape index (κ2) is 6.49. The van der Waals surface area contributed by atoms with E-state index in [1.165, 1.54) is 18.6 Å². The highest BCUT2D eigenvalue weighted by Crippen LogP contribution is 2.49. The minimum Gasteiger partial charge on any atom is -0.342 e. The van der Waals surface area contributed by atoms with Crippen molar-refractivity contribution in [2.75, 3.05) is 25.1 Å². The molecule has 1 heterocycles. The van der Waals surface area contributed by atoms with Crippen LogP contribution < -0.4 is 5.32 Å². The molecule has 5 heteroatoms. The van der Waals surface area contributed by atoms with Gasteiger partial charge in [-0.3, -0.25) is 4.79 Å². The normalized spacial score (nSPS) is 26.9. The van der Waals surface area contributed by atoms with E-state index >= 15 is 0 Å². The Hall–Kier alpha value is 0.0700. The number of amides is 1. The third-order valence-corrected chi connectivity index (χ3v) is 5.57. The molecular weight excluding hydrogens is 268 g/mol. The lowest BCUT2D eigenvalue weighted by molar-refractivity contribution is -0.133. The van der Waals surface area contributed by atoms with Crippen molar-refractivity contribution in [3.8, 4) is 0 Å². The highest BCUT2D eigenvalue weighted by Gasteiger charge is 2.45. The lowest BCUT2D eigenvalue weighted by Gasteiger charge is -2.32. The first-order valence-corrected chi connectivity index (χ1v) is 7.75. The van der Waals surface area contributed by atoms with Gasteiger partial charge in [0.15, 0.2) is 0 Å². The van der Waals surface area contributed by atoms with Crippen molar-refractivity contribution in [2.45, 2.75) is 45.2 Å². The smallest absolute Gasteiger partial charge is 0.224 e. The Labute approximate surface area is 121 Å². The number of hydrogen-bond acceptors (Lipinski definition) is 3. The number of halogens is 1. The molecule has 1 amide bonds. The number of carbonyl (C=O) groups is 1. The van der Waals surface area contributed by atoms with Gasteiger partial charge >= 0.3 is 0 Å². The van der Waals surface area contributed by atoms with Crippen LogP contribution in [0.3, 0.4) is 0 Å². The predicted octanol–water partition coefficient (Wildman–Crippen LogP) is 2.15. The maximum atomic E-state index is 12.2. The molecule has 0 aromatic heterocycles. The number of carbonyl (C=O) groups excluding carboxylic acids is 1. The van der Waals surface area contributed by atoms with Crippen LogP contribution in [0, 0.1) is 5.41 Å². The first kappa shape index (κ1) is 16.1. The molecule has 2 aliphatic rings. The van der Waals surface area contributed by atoms with Gasteiger partial charge in [0, 0.05) is 43.6 Å². The van der Waals surface area contributed by atoms with Gasteiger partial charge in [0.2, 0.25) is 5.91 Å². The van der Waals surface area contributed by atoms with E-state index in [4.69, 9.17) is 0 Å². The number of hydrogen-bond donors (Lipinski definition) is 1. The molecule has 0 radical (unpaired) electrons. The highest BCUT2D eigenvalue weighted by molar-refractivity contribution is 7.99. The van der Waals surface area contributed by atoms with E-state index < -0.39 is 0 Å². The molecule has 106 valence electrons. The van der Waals surface area contributed by atoms with Crippen LogP contribution in [-0.4, -0.2) is 48.0 Å². The van der Waals surface area contributed by atoms with E-state index in [9.17, 15) is 4.79 Å². The van der Waals surface area contributed by atoms with Crippen molar-refractivity contribution < 1.29 is 4.79 Å². The molecule has 2 rings (SSSR count). The van der Waals surface area contributed by atoms with E-state index in [-0.39, 0.29) is 12.4 Å². The third-order valence-electron chi connectivity index (χ3n) is 4.44. The predicted molar refractivity (Wildman–Crippen MR) is 80.6 cm³/mol. The van der Waals surface area contributed by atoms with Crippen molar-refractivity contribution >= 4 is 30.1 Å². The summed E-state index contributed by atoms with van der Waals surface area (Å²) in [6.45, 7) is 5.52. The minimum atomic E-state index is 0. The molecule has 1 saturated carbocycles. The molecule has 2 atom stereocenters. The summed E-state index contributed by atoms with van der Waals surface area (Å²) >= 11 is 1.95. The van der Waals surface area contributed by atoms with Gasteiger partial charge in [-0.25, -0.2) is 0 Å². The molecule has 1 aliphatic heterocycles. The van der Waals surface area contributed by atoms with Gasteiger partial charge in [0.05, 0.1) is 0 Å². The molecule has 1 aliphatic carbocycles. The molecule has 0 bridgehead atoms. The molecule has 0 aromatic carbocycles. The second-order valence-corrected chi connectivity index (χ2v) is 6.91. The van der Waals surface area contributed by atoms with Crippen LogP contribution in [0.4, 0.5) is 0 Å². The average Bonchev–Trinajstić information content (AvgIpc) is 3.08. The second-order valence-electron chi connectivity index (χ2n) is 5.76. The standard InChI is InChI=1S/C13H24N2OS.ClH/c1-10(13(2)4-5-13)15(3)12(16)8-11-9-17-7-6-14-11;/h10-11,14H,4-9H2,1-3H3;1H. The fraction of sp³-hybridized carbons (Fsp3) is 0.923. The Balaban J connectivity index is 0.00000162. The Morgan fingerprint density at radius 3 is 2.72 bits per heavy atom. The van der Waals surface area contributed by atoms with Gasteiger partial charge in [0.1, 0.15) is 0 Å². The summed E-state index contributed by atoms with van der Waals surface area (Å²) in [6, 6.07) is 0.758. The number of nitrogens with one attached hydrogen (secondary N) is 1. The van der Waals surface area contributed by atoms with Crippen LogP contribution in [0.5, 0.6) is 0 Å². The van der Waals surface area contributed by atoms with Crippen molar-refractivity contribution in [3.05, 3.63) is 0 Å². The maximum absolute atomic E-state index is 12.2. The molecule has 2 fully saturated rings. The van der Waals surface area contributed by atoms with E-state index in [1.54, 1.807) is 0 Å². The molecule has 1 saturated heterocycles. The Kier molecular flexibility index (Phi) is 5.81. The Bertz CT molecular complexity index is 291. The summed E-state index contributed by atoms with van der Waals surface area (Å²) in [5.41, 5.74) is 0.388. The molecule has 3 nitrogen and oxygen atoms in total. The molecule has 0 aromatic rings. The molecular formula is C13H25ClN2OS. The summed E-state index contributed by atoms with van der Waals surface area (Å²) in [6.07, 6.45) is 3.19. The summed E-state index contributed by atoms with van der Waals surface area (Å²) < 4.78 is 0. The molecule has 1 N–H and O–H groups in total. The van der Waals surface area contributed by atoms with Crippen molar-refractivity contribution in [3.63, 3.8) is 0 Å². The SMILES string of the molecule is CC(N(C)C(=O)CC1CSCCN1)C1(C)CC1.Cl. The highest BCUT2D eigenvalue weighted by atomic mass is 35.5. The summed E-state index contributed by atoms with van der Waals surface area (Å²) in [7, 11) is 1.96. The van der Waals surface area contributed by atoms with Gasteiger partial charge in [0.25, 0.3) is 0 Å². The summed E-state index contributed by atoms with van der Waals surface area (Å²) in [4.78, 5) is 14.2. The van der Waals surface area contributed by atoms with Crippen LogP contribution in [0.25, 0.3) is 0 Å². The van der Waals surface area contributed by atoms with Crippen molar-refractivity contribution in [2.24, 2.45) is 5.41 Å². The van der Waals surface area contributed by atoms with E-state index in [0.717, 1.165) is 12.3 Å². The van der Waals surface area contributed by atoms with E-state index in [2.05, 4.69) is 19.2 Å². The largest absolute Gasteiger partial charge is 0.342 e. The van der Waals surface area contributed by atoms with Crippen LogP contribution in [-0.2, 0) is 4.79 Å². The van der Waals surface area contributed by atoms with Gasteiger partial charge in [-0.2, -0.15) is 11.8 Å². The van der Waals surface area contributed by atoms with Gasteiger partial charge in [-0.15, -0.1) is 12.4 Å². The summed E-state index contributed by atoms with van der Waals surface area (Å²) in [5.74, 6) is 2.55. The zero-order valence-corrected chi connectivity index (χ0v) is 13.2. The number of nitrogens with zero attached hydrogens (tertiary/aromatic N) is 1. The maximum Gasteiger partial charge on any atom is 0.224 e. The van der Waals surface area contributed by atoms with Crippen molar-refractivity contribution in [1.29, 1.82) is 0 Å². The van der Waals surface area contributed by atoms with Gasteiger partial charge in [-0.1, -0.05) is 6.92 Å². The molecule has 0 spiro atoms. The Morgan fingerprint density at radius 1 is 1.56 bits per heavy atom. The average molecular weight is 293 g/mol. The first-order chi connectivity index (χ1) is 8.03. The zero-order valence-electron chi connectivity index (χ0n) is 11.6. The number of rotatable bonds is 4. The zero-order chi connectivity index (χ0) is 12.5. The molecule has 2 unspecified atom stereocenters. The fourth-order valence-electron chi connectivity index (χ4n) is 2.40. The monoisotopic (exact) mass is 292 g/mol. The van der Waals surface area contributed by atoms with Crippen molar-refractivity contribution in [1.82, 2.24) is 10.2 Å². The topological polar surface area (TPSA) is 32.3 Å². The van der Waals surface area contributed by atoms with Gasteiger partial charge < -0.3 is 10.2 Å². The molecule has 18 heavy (non-hydrogen) atoms. The van der Waals surface area contributed by atoms with Crippen LogP contribution in [0.1, 0.15) is 33.1 Å². The third kappa shape index (κ3) is 3.78. The Morgan fingerprint density at radius 2 is 2.22 bits per heavy atom.